The molecular weight excluding hydrogens is 266 g/mol. The standard InChI is InChI=1S/C15H19N5O/c1-9-12(10-4-7-20(9)8-5-10)18-15(21)14-17-11-3-2-6-16-13(11)19-14/h2-3,6,9-10,12H,4-5,7-8H2,1H3,(H,18,21)(H,16,17,19)/t9-,12-/m0/s1. The number of imidazole rings is 1. The van der Waals surface area contributed by atoms with E-state index in [1.54, 1.807) is 6.20 Å². The van der Waals surface area contributed by atoms with Gasteiger partial charge in [-0.15, -0.1) is 0 Å². The van der Waals surface area contributed by atoms with Gasteiger partial charge in [-0.1, -0.05) is 0 Å². The van der Waals surface area contributed by atoms with Gasteiger partial charge in [0.05, 0.1) is 5.52 Å². The highest BCUT2D eigenvalue weighted by Crippen LogP contribution is 2.32. The van der Waals surface area contributed by atoms with E-state index in [0.29, 0.717) is 23.4 Å². The minimum Gasteiger partial charge on any atom is -0.345 e. The Kier molecular flexibility index (Phi) is 2.92. The molecule has 3 fully saturated rings. The first-order chi connectivity index (χ1) is 10.2. The number of fused-ring (bicyclic) bond motifs is 4. The fraction of sp³-hybridized carbons (Fsp3) is 0.533. The second-order valence-corrected chi connectivity index (χ2v) is 6.07. The molecule has 2 atom stereocenters. The Morgan fingerprint density at radius 2 is 2.24 bits per heavy atom. The van der Waals surface area contributed by atoms with Gasteiger partial charge in [-0.3, -0.25) is 9.69 Å². The van der Waals surface area contributed by atoms with Crippen LogP contribution in [-0.4, -0.2) is 50.9 Å². The SMILES string of the molecule is C[C@H]1[C@H](NC(=O)c2nc3ncccc3[nH]2)C2CCN1CC2. The van der Waals surface area contributed by atoms with Crippen LogP contribution in [0, 0.1) is 5.92 Å². The Hall–Kier alpha value is -1.95. The molecule has 5 rings (SSSR count). The molecule has 2 N–H and O–H groups in total. The van der Waals surface area contributed by atoms with Gasteiger partial charge in [0.25, 0.3) is 5.91 Å². The number of aromatic amines is 1. The highest BCUT2D eigenvalue weighted by Gasteiger charge is 2.40. The van der Waals surface area contributed by atoms with Crippen LogP contribution < -0.4 is 5.32 Å². The summed E-state index contributed by atoms with van der Waals surface area (Å²) in [5.41, 5.74) is 1.38. The van der Waals surface area contributed by atoms with Gasteiger partial charge in [0.2, 0.25) is 0 Å². The number of hydrogen-bond donors (Lipinski definition) is 2. The van der Waals surface area contributed by atoms with Crippen molar-refractivity contribution in [1.29, 1.82) is 0 Å². The van der Waals surface area contributed by atoms with Crippen LogP contribution in [0.1, 0.15) is 30.4 Å². The number of amides is 1. The van der Waals surface area contributed by atoms with Gasteiger partial charge in [0.1, 0.15) is 0 Å². The average Bonchev–Trinajstić information content (AvgIpc) is 2.95. The molecule has 0 spiro atoms. The van der Waals surface area contributed by atoms with E-state index in [1.807, 2.05) is 12.1 Å². The molecule has 110 valence electrons. The van der Waals surface area contributed by atoms with Crippen LogP contribution in [0.25, 0.3) is 11.2 Å². The maximum atomic E-state index is 12.5. The Bertz CT molecular complexity index is 639. The van der Waals surface area contributed by atoms with Gasteiger partial charge in [-0.2, -0.15) is 0 Å². The first-order valence-electron chi connectivity index (χ1n) is 7.58. The zero-order valence-electron chi connectivity index (χ0n) is 12.0. The van der Waals surface area contributed by atoms with Gasteiger partial charge in [0.15, 0.2) is 11.5 Å². The third-order valence-electron chi connectivity index (χ3n) is 4.95. The third kappa shape index (κ3) is 2.10. The highest BCUT2D eigenvalue weighted by atomic mass is 16.2. The van der Waals surface area contributed by atoms with Crippen molar-refractivity contribution < 1.29 is 4.79 Å². The summed E-state index contributed by atoms with van der Waals surface area (Å²) in [5, 5.41) is 3.18. The van der Waals surface area contributed by atoms with Crippen LogP contribution in [0.4, 0.5) is 0 Å². The number of carbonyl (C=O) groups is 1. The molecule has 6 nitrogen and oxygen atoms in total. The number of hydrogen-bond acceptors (Lipinski definition) is 4. The molecule has 2 aromatic heterocycles. The summed E-state index contributed by atoms with van der Waals surface area (Å²) in [5.74, 6) is 0.822. The summed E-state index contributed by atoms with van der Waals surface area (Å²) in [6.45, 7) is 4.52. The first kappa shape index (κ1) is 12.8. The van der Waals surface area contributed by atoms with Crippen LogP contribution in [0.5, 0.6) is 0 Å². The molecule has 6 heteroatoms. The van der Waals surface area contributed by atoms with Gasteiger partial charge in [0, 0.05) is 18.3 Å². The van der Waals surface area contributed by atoms with Crippen LogP contribution in [0.15, 0.2) is 18.3 Å². The van der Waals surface area contributed by atoms with Crippen LogP contribution in [-0.2, 0) is 0 Å². The lowest BCUT2D eigenvalue weighted by Crippen LogP contribution is -2.62. The molecule has 3 aliphatic rings. The van der Waals surface area contributed by atoms with Gasteiger partial charge in [-0.25, -0.2) is 9.97 Å². The summed E-state index contributed by atoms with van der Waals surface area (Å²) in [6, 6.07) is 4.34. The molecule has 3 saturated heterocycles. The maximum absolute atomic E-state index is 12.5. The Labute approximate surface area is 123 Å². The molecule has 2 aromatic rings. The largest absolute Gasteiger partial charge is 0.345 e. The monoisotopic (exact) mass is 285 g/mol. The van der Waals surface area contributed by atoms with E-state index in [-0.39, 0.29) is 11.9 Å². The predicted molar refractivity (Wildman–Crippen MR) is 78.9 cm³/mol. The van der Waals surface area contributed by atoms with E-state index >= 15 is 0 Å². The lowest BCUT2D eigenvalue weighted by atomic mass is 9.79. The Balaban J connectivity index is 1.55. The quantitative estimate of drug-likeness (QED) is 0.868. The van der Waals surface area contributed by atoms with E-state index in [0.717, 1.165) is 18.6 Å². The minimum absolute atomic E-state index is 0.126. The van der Waals surface area contributed by atoms with Crippen LogP contribution in [0.2, 0.25) is 0 Å². The molecular formula is C15H19N5O. The van der Waals surface area contributed by atoms with Crippen LogP contribution in [0.3, 0.4) is 0 Å². The first-order valence-corrected chi connectivity index (χ1v) is 7.58. The van der Waals surface area contributed by atoms with Crippen molar-refractivity contribution in [3.05, 3.63) is 24.2 Å². The number of pyridine rings is 1. The van der Waals surface area contributed by atoms with Gasteiger partial charge >= 0.3 is 0 Å². The van der Waals surface area contributed by atoms with E-state index < -0.39 is 0 Å². The zero-order chi connectivity index (χ0) is 14.4. The molecule has 2 bridgehead atoms. The number of H-pyrrole nitrogens is 1. The molecule has 0 aromatic carbocycles. The van der Waals surface area contributed by atoms with Gasteiger partial charge < -0.3 is 10.3 Å². The normalized spacial score (nSPS) is 31.5. The van der Waals surface area contributed by atoms with Crippen molar-refractivity contribution in [2.45, 2.75) is 31.8 Å². The molecule has 21 heavy (non-hydrogen) atoms. The smallest absolute Gasteiger partial charge is 0.287 e. The van der Waals surface area contributed by atoms with E-state index in [1.165, 1.54) is 12.8 Å². The van der Waals surface area contributed by atoms with Crippen molar-refractivity contribution in [2.75, 3.05) is 13.1 Å². The third-order valence-corrected chi connectivity index (χ3v) is 4.95. The maximum Gasteiger partial charge on any atom is 0.287 e. The number of carbonyl (C=O) groups excluding carboxylic acids is 1. The summed E-state index contributed by atoms with van der Waals surface area (Å²) in [7, 11) is 0. The van der Waals surface area contributed by atoms with Crippen molar-refractivity contribution >= 4 is 17.1 Å². The number of nitrogens with one attached hydrogen (secondary N) is 2. The summed E-state index contributed by atoms with van der Waals surface area (Å²) >= 11 is 0. The lowest BCUT2D eigenvalue weighted by molar-refractivity contribution is 0.0215. The topological polar surface area (TPSA) is 73.9 Å². The lowest BCUT2D eigenvalue weighted by Gasteiger charge is -2.49. The average molecular weight is 285 g/mol. The van der Waals surface area contributed by atoms with Crippen LogP contribution >= 0.6 is 0 Å². The fourth-order valence-electron chi connectivity index (χ4n) is 3.72. The van der Waals surface area contributed by atoms with E-state index in [4.69, 9.17) is 0 Å². The second kappa shape index (κ2) is 4.80. The number of piperidine rings is 3. The molecule has 0 aliphatic carbocycles. The number of nitrogens with zero attached hydrogens (tertiary/aromatic N) is 3. The second-order valence-electron chi connectivity index (χ2n) is 6.07. The van der Waals surface area contributed by atoms with Crippen molar-refractivity contribution in [1.82, 2.24) is 25.2 Å². The zero-order valence-corrected chi connectivity index (χ0v) is 12.0. The Morgan fingerprint density at radius 3 is 2.95 bits per heavy atom. The molecule has 3 aliphatic heterocycles. The van der Waals surface area contributed by atoms with E-state index in [2.05, 4.69) is 32.1 Å². The highest BCUT2D eigenvalue weighted by molar-refractivity contribution is 5.93. The minimum atomic E-state index is -0.126. The molecule has 0 saturated carbocycles. The molecule has 5 heterocycles. The summed E-state index contributed by atoms with van der Waals surface area (Å²) < 4.78 is 0. The van der Waals surface area contributed by atoms with Gasteiger partial charge in [-0.05, 0) is 50.9 Å². The van der Waals surface area contributed by atoms with Crippen molar-refractivity contribution in [3.63, 3.8) is 0 Å². The van der Waals surface area contributed by atoms with E-state index in [9.17, 15) is 4.79 Å². The molecule has 0 radical (unpaired) electrons. The molecule has 1 amide bonds. The fourth-order valence-corrected chi connectivity index (χ4v) is 3.72. The predicted octanol–water partition coefficient (Wildman–Crippen LogP) is 1.17. The molecule has 0 unspecified atom stereocenters. The van der Waals surface area contributed by atoms with Crippen molar-refractivity contribution in [3.8, 4) is 0 Å². The Morgan fingerprint density at radius 1 is 1.43 bits per heavy atom. The number of aromatic nitrogens is 3. The van der Waals surface area contributed by atoms with Crippen molar-refractivity contribution in [2.24, 2.45) is 5.92 Å². The summed E-state index contributed by atoms with van der Waals surface area (Å²) in [4.78, 5) is 26.4. The number of rotatable bonds is 2. The summed E-state index contributed by atoms with van der Waals surface area (Å²) in [6.07, 6.45) is 4.04.